The maximum atomic E-state index is 11.0. The first-order valence-electron chi connectivity index (χ1n) is 10.2. The number of fused-ring (bicyclic) bond motifs is 1. The molecule has 162 valence electrons. The molecular formula is C27H20N2O4. The lowest BCUT2D eigenvalue weighted by atomic mass is 10.0. The first kappa shape index (κ1) is 21.6. The van der Waals surface area contributed by atoms with Gasteiger partial charge in [-0.15, -0.1) is 0 Å². The largest absolute Gasteiger partial charge is 0.493 e. The molecule has 0 heterocycles. The van der Waals surface area contributed by atoms with Gasteiger partial charge in [0.15, 0.2) is 11.5 Å². The Morgan fingerprint density at radius 3 is 2.55 bits per heavy atom. The van der Waals surface area contributed by atoms with Crippen molar-refractivity contribution in [2.75, 3.05) is 7.11 Å². The summed E-state index contributed by atoms with van der Waals surface area (Å²) < 4.78 is 11.5. The minimum atomic E-state index is -0.483. The molecule has 0 spiro atoms. The first-order valence-corrected chi connectivity index (χ1v) is 10.2. The summed E-state index contributed by atoms with van der Waals surface area (Å²) in [4.78, 5) is 10.6. The average Bonchev–Trinajstić information content (AvgIpc) is 2.86. The van der Waals surface area contributed by atoms with E-state index in [1.807, 2.05) is 24.3 Å². The van der Waals surface area contributed by atoms with Crippen molar-refractivity contribution in [3.63, 3.8) is 0 Å². The van der Waals surface area contributed by atoms with Gasteiger partial charge in [0.2, 0.25) is 0 Å². The molecule has 0 amide bonds. The molecule has 0 saturated carbocycles. The van der Waals surface area contributed by atoms with Gasteiger partial charge in [-0.05, 0) is 51.7 Å². The van der Waals surface area contributed by atoms with Gasteiger partial charge in [0.25, 0.3) is 5.69 Å². The van der Waals surface area contributed by atoms with Crippen molar-refractivity contribution in [2.24, 2.45) is 0 Å². The summed E-state index contributed by atoms with van der Waals surface area (Å²) in [6, 6.07) is 27.8. The van der Waals surface area contributed by atoms with E-state index in [0.717, 1.165) is 10.9 Å². The van der Waals surface area contributed by atoms with Gasteiger partial charge in [-0.2, -0.15) is 5.26 Å². The van der Waals surface area contributed by atoms with Crippen molar-refractivity contribution in [1.82, 2.24) is 0 Å². The molecule has 4 rings (SSSR count). The van der Waals surface area contributed by atoms with Crippen LogP contribution in [0.4, 0.5) is 5.69 Å². The summed E-state index contributed by atoms with van der Waals surface area (Å²) in [6.45, 7) is 0.382. The number of allylic oxidation sites excluding steroid dienone is 1. The van der Waals surface area contributed by atoms with Gasteiger partial charge in [-0.3, -0.25) is 10.1 Å². The van der Waals surface area contributed by atoms with Crippen LogP contribution in [0.3, 0.4) is 0 Å². The molecule has 4 aromatic rings. The molecule has 0 radical (unpaired) electrons. The number of nitriles is 1. The van der Waals surface area contributed by atoms with Gasteiger partial charge in [-0.1, -0.05) is 54.6 Å². The Morgan fingerprint density at radius 2 is 1.79 bits per heavy atom. The van der Waals surface area contributed by atoms with Gasteiger partial charge >= 0.3 is 0 Å². The van der Waals surface area contributed by atoms with Gasteiger partial charge in [0.1, 0.15) is 6.61 Å². The minimum absolute atomic E-state index is 0.0660. The molecule has 0 bridgehead atoms. The van der Waals surface area contributed by atoms with Gasteiger partial charge < -0.3 is 9.47 Å². The van der Waals surface area contributed by atoms with Crippen LogP contribution < -0.4 is 9.47 Å². The predicted octanol–water partition coefficient (Wildman–Crippen LogP) is 6.40. The van der Waals surface area contributed by atoms with E-state index in [1.165, 1.54) is 17.5 Å². The molecular weight excluding hydrogens is 416 g/mol. The summed E-state index contributed by atoms with van der Waals surface area (Å²) in [5, 5.41) is 23.0. The predicted molar refractivity (Wildman–Crippen MR) is 128 cm³/mol. The second-order valence-electron chi connectivity index (χ2n) is 7.36. The highest BCUT2D eigenvalue weighted by molar-refractivity contribution is 5.90. The monoisotopic (exact) mass is 436 g/mol. The van der Waals surface area contributed by atoms with Crippen LogP contribution in [0.5, 0.6) is 11.5 Å². The quantitative estimate of drug-likeness (QED) is 0.145. The van der Waals surface area contributed by atoms with Crippen molar-refractivity contribution in [1.29, 1.82) is 5.26 Å². The van der Waals surface area contributed by atoms with Crippen molar-refractivity contribution >= 4 is 28.1 Å². The summed E-state index contributed by atoms with van der Waals surface area (Å²) in [6.07, 6.45) is 1.66. The SMILES string of the molecule is COc1cc(C=C(C#N)c2cccc([N+](=O)[O-])c2)ccc1OCc1ccc2ccccc2c1. The van der Waals surface area contributed by atoms with Crippen molar-refractivity contribution in [3.05, 3.63) is 112 Å². The summed E-state index contributed by atoms with van der Waals surface area (Å²) in [7, 11) is 1.55. The van der Waals surface area contributed by atoms with E-state index in [9.17, 15) is 15.4 Å². The zero-order valence-electron chi connectivity index (χ0n) is 17.9. The van der Waals surface area contributed by atoms with E-state index in [0.29, 0.717) is 34.8 Å². The number of nitro benzene ring substituents is 1. The van der Waals surface area contributed by atoms with E-state index in [2.05, 4.69) is 30.3 Å². The second kappa shape index (κ2) is 9.67. The molecule has 6 nitrogen and oxygen atoms in total. The molecule has 0 aliphatic carbocycles. The second-order valence-corrected chi connectivity index (χ2v) is 7.36. The lowest BCUT2D eigenvalue weighted by Crippen LogP contribution is -1.98. The lowest BCUT2D eigenvalue weighted by molar-refractivity contribution is -0.384. The lowest BCUT2D eigenvalue weighted by Gasteiger charge is -2.12. The molecule has 33 heavy (non-hydrogen) atoms. The Labute approximate surface area is 191 Å². The smallest absolute Gasteiger partial charge is 0.270 e. The van der Waals surface area contributed by atoms with Gasteiger partial charge in [0.05, 0.1) is 23.7 Å². The van der Waals surface area contributed by atoms with Crippen LogP contribution in [0, 0.1) is 21.4 Å². The third-order valence-electron chi connectivity index (χ3n) is 5.20. The Bertz CT molecular complexity index is 1400. The summed E-state index contributed by atoms with van der Waals surface area (Å²) >= 11 is 0. The molecule has 0 aliphatic heterocycles. The van der Waals surface area contributed by atoms with Crippen LogP contribution in [-0.4, -0.2) is 12.0 Å². The topological polar surface area (TPSA) is 85.4 Å². The molecule has 0 atom stereocenters. The minimum Gasteiger partial charge on any atom is -0.493 e. The van der Waals surface area contributed by atoms with Crippen LogP contribution in [0.15, 0.2) is 84.9 Å². The van der Waals surface area contributed by atoms with Crippen molar-refractivity contribution < 1.29 is 14.4 Å². The maximum absolute atomic E-state index is 11.0. The van der Waals surface area contributed by atoms with Crippen LogP contribution in [-0.2, 0) is 6.61 Å². The fraction of sp³-hybridized carbons (Fsp3) is 0.0741. The molecule has 0 saturated heterocycles. The van der Waals surface area contributed by atoms with Gasteiger partial charge in [-0.25, -0.2) is 0 Å². The third kappa shape index (κ3) is 5.00. The summed E-state index contributed by atoms with van der Waals surface area (Å²) in [5.74, 6) is 1.11. The zero-order chi connectivity index (χ0) is 23.2. The number of hydrogen-bond donors (Lipinski definition) is 0. The van der Waals surface area contributed by atoms with Crippen LogP contribution in [0.2, 0.25) is 0 Å². The maximum Gasteiger partial charge on any atom is 0.270 e. The fourth-order valence-electron chi connectivity index (χ4n) is 3.52. The standard InChI is InChI=1S/C27H20N2O4/c1-32-27-15-19(13-24(17-28)23-7-4-8-25(16-23)29(30)31)10-12-26(27)33-18-20-9-11-21-5-2-3-6-22(21)14-20/h2-16H,18H2,1H3. The van der Waals surface area contributed by atoms with Crippen molar-refractivity contribution in [3.8, 4) is 17.6 Å². The third-order valence-corrected chi connectivity index (χ3v) is 5.20. The number of ether oxygens (including phenoxy) is 2. The Balaban J connectivity index is 1.56. The Hall–Kier alpha value is -4.63. The molecule has 0 aliphatic rings. The molecule has 0 fully saturated rings. The number of benzene rings is 4. The molecule has 6 heteroatoms. The number of nitro groups is 1. The Kier molecular flexibility index (Phi) is 6.33. The molecule has 4 aromatic carbocycles. The molecule has 0 aromatic heterocycles. The highest BCUT2D eigenvalue weighted by Gasteiger charge is 2.11. The van der Waals surface area contributed by atoms with Crippen LogP contribution >= 0.6 is 0 Å². The number of rotatable bonds is 7. The van der Waals surface area contributed by atoms with E-state index in [4.69, 9.17) is 9.47 Å². The highest BCUT2D eigenvalue weighted by atomic mass is 16.6. The van der Waals surface area contributed by atoms with E-state index in [1.54, 1.807) is 37.5 Å². The highest BCUT2D eigenvalue weighted by Crippen LogP contribution is 2.31. The number of nitrogens with zero attached hydrogens (tertiary/aromatic N) is 2. The van der Waals surface area contributed by atoms with E-state index < -0.39 is 4.92 Å². The summed E-state index contributed by atoms with van der Waals surface area (Å²) in [5.41, 5.74) is 2.47. The molecule has 0 N–H and O–H groups in total. The van der Waals surface area contributed by atoms with E-state index >= 15 is 0 Å². The van der Waals surface area contributed by atoms with Crippen LogP contribution in [0.1, 0.15) is 16.7 Å². The average molecular weight is 436 g/mol. The number of methoxy groups -OCH3 is 1. The first-order chi connectivity index (χ1) is 16.1. The van der Waals surface area contributed by atoms with E-state index in [-0.39, 0.29) is 5.69 Å². The van der Waals surface area contributed by atoms with Gasteiger partial charge in [0, 0.05) is 12.1 Å². The normalized spacial score (nSPS) is 11.1. The molecule has 0 unspecified atom stereocenters. The fourth-order valence-corrected chi connectivity index (χ4v) is 3.52. The number of hydrogen-bond acceptors (Lipinski definition) is 5. The Morgan fingerprint density at radius 1 is 0.970 bits per heavy atom. The van der Waals surface area contributed by atoms with Crippen molar-refractivity contribution in [2.45, 2.75) is 6.61 Å². The van der Waals surface area contributed by atoms with Crippen LogP contribution in [0.25, 0.3) is 22.4 Å². The zero-order valence-corrected chi connectivity index (χ0v) is 17.9. The number of non-ortho nitro benzene ring substituents is 1.